The molecule has 3 unspecified atom stereocenters. The molecule has 0 aromatic rings. The average Bonchev–Trinajstić information content (AvgIpc) is 3.14. The van der Waals surface area contributed by atoms with Crippen LogP contribution in [0.1, 0.15) is 59.3 Å². The second-order valence-electron chi connectivity index (χ2n) is 7.00. The molecule has 2 nitrogen and oxygen atoms in total. The van der Waals surface area contributed by atoms with Crippen LogP contribution in [0, 0.1) is 17.8 Å². The number of nitrogens with zero attached hydrogens (tertiary/aromatic N) is 1. The fraction of sp³-hybridized carbons (Fsp3) is 1.00. The van der Waals surface area contributed by atoms with Crippen molar-refractivity contribution in [1.29, 1.82) is 0 Å². The van der Waals surface area contributed by atoms with Gasteiger partial charge >= 0.3 is 0 Å². The molecule has 0 heterocycles. The van der Waals surface area contributed by atoms with E-state index in [1.807, 2.05) is 0 Å². The summed E-state index contributed by atoms with van der Waals surface area (Å²) in [6.45, 7) is 9.58. The Kier molecular flexibility index (Phi) is 5.08. The van der Waals surface area contributed by atoms with Gasteiger partial charge in [-0.1, -0.05) is 13.3 Å². The molecule has 2 aliphatic rings. The monoisotopic (exact) mass is 252 g/mol. The minimum atomic E-state index is 0.452. The van der Waals surface area contributed by atoms with Gasteiger partial charge in [0.05, 0.1) is 0 Å². The van der Waals surface area contributed by atoms with E-state index in [-0.39, 0.29) is 0 Å². The fourth-order valence-corrected chi connectivity index (χ4v) is 3.39. The highest BCUT2D eigenvalue weighted by molar-refractivity contribution is 4.86. The van der Waals surface area contributed by atoms with Gasteiger partial charge in [-0.25, -0.2) is 0 Å². The number of nitrogens with two attached hydrogens (primary N) is 1. The van der Waals surface area contributed by atoms with Crippen molar-refractivity contribution in [1.82, 2.24) is 4.90 Å². The first kappa shape index (κ1) is 14.3. The number of hydrogen-bond acceptors (Lipinski definition) is 2. The van der Waals surface area contributed by atoms with E-state index in [2.05, 4.69) is 25.7 Å². The van der Waals surface area contributed by atoms with Crippen LogP contribution in [0.25, 0.3) is 0 Å². The molecule has 0 aliphatic heterocycles. The van der Waals surface area contributed by atoms with Gasteiger partial charge in [0, 0.05) is 25.2 Å². The molecule has 0 amide bonds. The Balaban J connectivity index is 1.86. The summed E-state index contributed by atoms with van der Waals surface area (Å²) in [6.07, 6.45) is 8.23. The second-order valence-corrected chi connectivity index (χ2v) is 7.00. The number of rotatable bonds is 6. The molecule has 2 rings (SSSR count). The lowest BCUT2D eigenvalue weighted by molar-refractivity contribution is 0.127. The minimum absolute atomic E-state index is 0.452. The van der Waals surface area contributed by atoms with E-state index in [0.29, 0.717) is 12.1 Å². The zero-order chi connectivity index (χ0) is 13.1. The third-order valence-corrected chi connectivity index (χ3v) is 5.12. The van der Waals surface area contributed by atoms with Crippen LogP contribution in [0.3, 0.4) is 0 Å². The molecule has 18 heavy (non-hydrogen) atoms. The molecule has 106 valence electrons. The summed E-state index contributed by atoms with van der Waals surface area (Å²) in [6, 6.07) is 1.13. The van der Waals surface area contributed by atoms with Gasteiger partial charge < -0.3 is 10.6 Å². The highest BCUT2D eigenvalue weighted by Crippen LogP contribution is 2.34. The van der Waals surface area contributed by atoms with Gasteiger partial charge in [0.15, 0.2) is 0 Å². The summed E-state index contributed by atoms with van der Waals surface area (Å²) >= 11 is 0. The SMILES string of the molecule is CCC1CCC(N)C(CN(CC2CC2)C(C)C)C1. The van der Waals surface area contributed by atoms with Crippen LogP contribution in [-0.2, 0) is 0 Å². The van der Waals surface area contributed by atoms with Crippen LogP contribution in [-0.4, -0.2) is 30.1 Å². The molecule has 2 aliphatic carbocycles. The van der Waals surface area contributed by atoms with E-state index in [0.717, 1.165) is 17.8 Å². The fourth-order valence-electron chi connectivity index (χ4n) is 3.39. The molecule has 3 atom stereocenters. The van der Waals surface area contributed by atoms with Gasteiger partial charge in [0.1, 0.15) is 0 Å². The van der Waals surface area contributed by atoms with Gasteiger partial charge in [0.2, 0.25) is 0 Å². The lowest BCUT2D eigenvalue weighted by Crippen LogP contribution is -2.45. The molecule has 2 N–H and O–H groups in total. The van der Waals surface area contributed by atoms with E-state index in [4.69, 9.17) is 5.73 Å². The Bertz CT molecular complexity index is 247. The third-order valence-electron chi connectivity index (χ3n) is 5.12. The van der Waals surface area contributed by atoms with Gasteiger partial charge in [-0.15, -0.1) is 0 Å². The molecular formula is C16H32N2. The minimum Gasteiger partial charge on any atom is -0.327 e. The van der Waals surface area contributed by atoms with Crippen LogP contribution in [0.4, 0.5) is 0 Å². The summed E-state index contributed by atoms with van der Waals surface area (Å²) in [5.74, 6) is 2.67. The van der Waals surface area contributed by atoms with Crippen LogP contribution in [0.15, 0.2) is 0 Å². The van der Waals surface area contributed by atoms with E-state index in [1.54, 1.807) is 0 Å². The van der Waals surface area contributed by atoms with Crippen LogP contribution in [0.5, 0.6) is 0 Å². The van der Waals surface area contributed by atoms with E-state index < -0.39 is 0 Å². The maximum Gasteiger partial charge on any atom is 0.00795 e. The zero-order valence-electron chi connectivity index (χ0n) is 12.6. The highest BCUT2D eigenvalue weighted by atomic mass is 15.2. The van der Waals surface area contributed by atoms with E-state index >= 15 is 0 Å². The van der Waals surface area contributed by atoms with Crippen LogP contribution >= 0.6 is 0 Å². The molecule has 0 aromatic carbocycles. The lowest BCUT2D eigenvalue weighted by Gasteiger charge is -2.38. The van der Waals surface area contributed by atoms with Crippen molar-refractivity contribution in [2.24, 2.45) is 23.5 Å². The Labute approximate surface area is 113 Å². The molecule has 0 bridgehead atoms. The van der Waals surface area contributed by atoms with Gasteiger partial charge in [-0.2, -0.15) is 0 Å². The molecular weight excluding hydrogens is 220 g/mol. The standard InChI is InChI=1S/C16H32N2/c1-4-13-7-8-16(17)15(9-13)11-18(12(2)3)10-14-5-6-14/h12-16H,4-11,17H2,1-3H3. The van der Waals surface area contributed by atoms with Crippen molar-refractivity contribution in [2.75, 3.05) is 13.1 Å². The maximum atomic E-state index is 6.36. The predicted molar refractivity (Wildman–Crippen MR) is 78.5 cm³/mol. The molecule has 0 spiro atoms. The molecule has 2 heteroatoms. The van der Waals surface area contributed by atoms with Gasteiger partial charge in [0.25, 0.3) is 0 Å². The molecule has 0 radical (unpaired) electrons. The quantitative estimate of drug-likeness (QED) is 0.786. The van der Waals surface area contributed by atoms with Gasteiger partial charge in [-0.05, 0) is 63.7 Å². The zero-order valence-corrected chi connectivity index (χ0v) is 12.6. The van der Waals surface area contributed by atoms with Crippen molar-refractivity contribution in [3.63, 3.8) is 0 Å². The topological polar surface area (TPSA) is 29.3 Å². The summed E-state index contributed by atoms with van der Waals surface area (Å²) in [5, 5.41) is 0. The Morgan fingerprint density at radius 3 is 2.28 bits per heavy atom. The Morgan fingerprint density at radius 1 is 1.06 bits per heavy atom. The molecule has 0 saturated heterocycles. The smallest absolute Gasteiger partial charge is 0.00795 e. The largest absolute Gasteiger partial charge is 0.327 e. The number of hydrogen-bond donors (Lipinski definition) is 1. The Morgan fingerprint density at radius 2 is 1.72 bits per heavy atom. The second kappa shape index (κ2) is 6.38. The average molecular weight is 252 g/mol. The van der Waals surface area contributed by atoms with Crippen molar-refractivity contribution < 1.29 is 0 Å². The maximum absolute atomic E-state index is 6.36. The molecule has 2 saturated carbocycles. The van der Waals surface area contributed by atoms with E-state index in [9.17, 15) is 0 Å². The highest BCUT2D eigenvalue weighted by Gasteiger charge is 2.31. The molecule has 2 fully saturated rings. The predicted octanol–water partition coefficient (Wildman–Crippen LogP) is 3.26. The summed E-state index contributed by atoms with van der Waals surface area (Å²) in [5.41, 5.74) is 6.36. The van der Waals surface area contributed by atoms with Crippen LogP contribution in [0.2, 0.25) is 0 Å². The van der Waals surface area contributed by atoms with Crippen molar-refractivity contribution >= 4 is 0 Å². The van der Waals surface area contributed by atoms with Crippen molar-refractivity contribution in [3.05, 3.63) is 0 Å². The molecule has 0 aromatic heterocycles. The summed E-state index contributed by atoms with van der Waals surface area (Å²) in [4.78, 5) is 2.69. The first-order chi connectivity index (χ1) is 8.60. The normalized spacial score (nSPS) is 33.3. The van der Waals surface area contributed by atoms with Crippen LogP contribution < -0.4 is 5.73 Å². The van der Waals surface area contributed by atoms with Gasteiger partial charge in [-0.3, -0.25) is 0 Å². The summed E-state index contributed by atoms with van der Waals surface area (Å²) in [7, 11) is 0. The first-order valence-corrected chi connectivity index (χ1v) is 8.09. The summed E-state index contributed by atoms with van der Waals surface area (Å²) < 4.78 is 0. The Hall–Kier alpha value is -0.0800. The van der Waals surface area contributed by atoms with E-state index in [1.165, 1.54) is 51.6 Å². The van der Waals surface area contributed by atoms with Crippen molar-refractivity contribution in [2.45, 2.75) is 71.4 Å². The lowest BCUT2D eigenvalue weighted by atomic mass is 9.77. The first-order valence-electron chi connectivity index (χ1n) is 8.09. The van der Waals surface area contributed by atoms with Crippen molar-refractivity contribution in [3.8, 4) is 0 Å². The third kappa shape index (κ3) is 3.96.